The second kappa shape index (κ2) is 7.60. The molecule has 2 fully saturated rings. The Balaban J connectivity index is 1.47. The minimum Gasteiger partial charge on any atom is -0.345 e. The molecule has 9 heteroatoms. The number of anilines is 1. The van der Waals surface area contributed by atoms with E-state index in [0.29, 0.717) is 34.2 Å². The van der Waals surface area contributed by atoms with Gasteiger partial charge in [-0.3, -0.25) is 14.0 Å². The fourth-order valence-electron chi connectivity index (χ4n) is 5.81. The van der Waals surface area contributed by atoms with E-state index in [2.05, 4.69) is 20.3 Å². The third-order valence-corrected chi connectivity index (χ3v) is 7.95. The molecule has 2 aliphatic rings. The summed E-state index contributed by atoms with van der Waals surface area (Å²) in [5.41, 5.74) is 2.99. The second-order valence-electron chi connectivity index (χ2n) is 9.30. The van der Waals surface area contributed by atoms with Gasteiger partial charge in [0.15, 0.2) is 0 Å². The zero-order valence-electron chi connectivity index (χ0n) is 19.1. The standard InChI is InChI=1S/C24H28ClN7O/c1-4-31-12-18-19(29-31)8-7-16(21(18)25)17-11-27-22-20(17)23(33)30(3)24(28-22)32-14-5-6-15(32)10-13(9-14)26-2/h7-8,11-15,26-27H,4-6,9-10H2,1-3H3/t13?,14-,15+. The molecule has 3 atom stereocenters. The van der Waals surface area contributed by atoms with E-state index < -0.39 is 0 Å². The van der Waals surface area contributed by atoms with Gasteiger partial charge in [0.05, 0.1) is 15.9 Å². The van der Waals surface area contributed by atoms with Crippen LogP contribution in [0, 0.1) is 0 Å². The van der Waals surface area contributed by atoms with Gasteiger partial charge in [-0.15, -0.1) is 0 Å². The van der Waals surface area contributed by atoms with Crippen molar-refractivity contribution in [1.29, 1.82) is 0 Å². The predicted octanol–water partition coefficient (Wildman–Crippen LogP) is 3.67. The molecular formula is C24H28ClN7O. The number of rotatable bonds is 4. The average molecular weight is 466 g/mol. The fraction of sp³-hybridized carbons (Fsp3) is 0.458. The first-order valence-electron chi connectivity index (χ1n) is 11.7. The van der Waals surface area contributed by atoms with Gasteiger partial charge in [-0.25, -0.2) is 0 Å². The summed E-state index contributed by atoms with van der Waals surface area (Å²) in [5.74, 6) is 0.758. The lowest BCUT2D eigenvalue weighted by Gasteiger charge is -2.40. The van der Waals surface area contributed by atoms with Gasteiger partial charge in [0.2, 0.25) is 5.95 Å². The molecule has 2 bridgehead atoms. The molecule has 1 aromatic carbocycles. The van der Waals surface area contributed by atoms with Crippen molar-refractivity contribution in [3.63, 3.8) is 0 Å². The maximum absolute atomic E-state index is 13.6. The normalized spacial score (nSPS) is 22.7. The minimum absolute atomic E-state index is 0.0539. The number of piperidine rings is 1. The fourth-order valence-corrected chi connectivity index (χ4v) is 6.12. The third kappa shape index (κ3) is 3.04. The number of aromatic nitrogens is 5. The number of aromatic amines is 1. The van der Waals surface area contributed by atoms with Gasteiger partial charge in [0.25, 0.3) is 5.56 Å². The first kappa shape index (κ1) is 20.7. The van der Waals surface area contributed by atoms with Crippen molar-refractivity contribution in [3.8, 4) is 11.1 Å². The number of nitrogens with one attached hydrogen (secondary N) is 2. The van der Waals surface area contributed by atoms with Crippen LogP contribution in [-0.2, 0) is 13.6 Å². The van der Waals surface area contributed by atoms with Crippen LogP contribution in [0.25, 0.3) is 33.1 Å². The molecule has 2 N–H and O–H groups in total. The number of fused-ring (bicyclic) bond motifs is 4. The highest BCUT2D eigenvalue weighted by molar-refractivity contribution is 6.38. The van der Waals surface area contributed by atoms with Gasteiger partial charge >= 0.3 is 0 Å². The summed E-state index contributed by atoms with van der Waals surface area (Å²) in [6, 6.07) is 5.26. The average Bonchev–Trinajstić information content (AvgIpc) is 3.50. The summed E-state index contributed by atoms with van der Waals surface area (Å²) in [5, 5.41) is 10.0. The summed E-state index contributed by atoms with van der Waals surface area (Å²) in [7, 11) is 3.87. The van der Waals surface area contributed by atoms with Gasteiger partial charge < -0.3 is 15.2 Å². The summed E-state index contributed by atoms with van der Waals surface area (Å²) in [6.45, 7) is 2.81. The summed E-state index contributed by atoms with van der Waals surface area (Å²) < 4.78 is 3.58. The van der Waals surface area contributed by atoms with Gasteiger partial charge in [-0.1, -0.05) is 17.7 Å². The Bertz CT molecular complexity index is 1420. The summed E-state index contributed by atoms with van der Waals surface area (Å²) in [4.78, 5) is 24.2. The molecular weight excluding hydrogens is 438 g/mol. The molecule has 6 rings (SSSR count). The van der Waals surface area contributed by atoms with Gasteiger partial charge in [0, 0.05) is 60.6 Å². The molecule has 0 saturated carbocycles. The number of nitrogens with zero attached hydrogens (tertiary/aromatic N) is 5. The van der Waals surface area contributed by atoms with Crippen LogP contribution in [0.15, 0.2) is 29.3 Å². The lowest BCUT2D eigenvalue weighted by Crippen LogP contribution is -2.50. The SMILES string of the molecule is CCn1cc2c(Cl)c(-c3c[nH]c4nc(N5[C@@H]6CC[C@H]5CC(NC)C6)n(C)c(=O)c34)ccc2n1. The van der Waals surface area contributed by atoms with Crippen LogP contribution in [0.1, 0.15) is 32.6 Å². The third-order valence-electron chi connectivity index (χ3n) is 7.55. The molecule has 4 aromatic rings. The maximum Gasteiger partial charge on any atom is 0.264 e. The van der Waals surface area contributed by atoms with E-state index in [1.165, 1.54) is 0 Å². The molecule has 3 aromatic heterocycles. The molecule has 0 spiro atoms. The predicted molar refractivity (Wildman–Crippen MR) is 132 cm³/mol. The first-order valence-corrected chi connectivity index (χ1v) is 12.1. The van der Waals surface area contributed by atoms with Gasteiger partial charge in [-0.05, 0) is 45.7 Å². The number of benzene rings is 1. The molecule has 0 aliphatic carbocycles. The quantitative estimate of drug-likeness (QED) is 0.480. The van der Waals surface area contributed by atoms with E-state index in [4.69, 9.17) is 16.6 Å². The second-order valence-corrected chi connectivity index (χ2v) is 9.67. The number of halogens is 1. The number of aryl methyl sites for hydroxylation is 1. The lowest BCUT2D eigenvalue weighted by atomic mass is 9.98. The van der Waals surface area contributed by atoms with E-state index in [-0.39, 0.29) is 5.56 Å². The van der Waals surface area contributed by atoms with Crippen molar-refractivity contribution < 1.29 is 0 Å². The van der Waals surface area contributed by atoms with Crippen LogP contribution in [0.5, 0.6) is 0 Å². The summed E-state index contributed by atoms with van der Waals surface area (Å²) in [6.07, 6.45) is 8.26. The molecule has 33 heavy (non-hydrogen) atoms. The first-order chi connectivity index (χ1) is 16.0. The van der Waals surface area contributed by atoms with E-state index in [0.717, 1.165) is 60.2 Å². The highest BCUT2D eigenvalue weighted by Gasteiger charge is 2.42. The molecule has 5 heterocycles. The van der Waals surface area contributed by atoms with Crippen molar-refractivity contribution in [2.45, 2.75) is 57.3 Å². The smallest absolute Gasteiger partial charge is 0.264 e. The highest BCUT2D eigenvalue weighted by Crippen LogP contribution is 2.40. The lowest BCUT2D eigenvalue weighted by molar-refractivity contribution is 0.367. The van der Waals surface area contributed by atoms with E-state index in [1.807, 2.05) is 50.2 Å². The van der Waals surface area contributed by atoms with Crippen molar-refractivity contribution in [2.75, 3.05) is 11.9 Å². The van der Waals surface area contributed by atoms with Crippen LogP contribution in [0.2, 0.25) is 5.02 Å². The van der Waals surface area contributed by atoms with Crippen LogP contribution < -0.4 is 15.8 Å². The number of hydrogen-bond donors (Lipinski definition) is 2. The van der Waals surface area contributed by atoms with E-state index in [9.17, 15) is 4.79 Å². The zero-order chi connectivity index (χ0) is 22.9. The van der Waals surface area contributed by atoms with Crippen LogP contribution in [-0.4, -0.2) is 49.5 Å². The Morgan fingerprint density at radius 1 is 1.21 bits per heavy atom. The van der Waals surface area contributed by atoms with E-state index >= 15 is 0 Å². The van der Waals surface area contributed by atoms with Gasteiger partial charge in [-0.2, -0.15) is 10.1 Å². The molecule has 2 saturated heterocycles. The van der Waals surface area contributed by atoms with Gasteiger partial charge in [0.1, 0.15) is 5.65 Å². The van der Waals surface area contributed by atoms with E-state index in [1.54, 1.807) is 4.57 Å². The Labute approximate surface area is 196 Å². The highest BCUT2D eigenvalue weighted by atomic mass is 35.5. The van der Waals surface area contributed by atoms with Crippen LogP contribution in [0.3, 0.4) is 0 Å². The van der Waals surface area contributed by atoms with Crippen LogP contribution in [0.4, 0.5) is 5.95 Å². The summed E-state index contributed by atoms with van der Waals surface area (Å²) >= 11 is 6.81. The molecule has 0 radical (unpaired) electrons. The van der Waals surface area contributed by atoms with Crippen molar-refractivity contribution >= 4 is 39.5 Å². The van der Waals surface area contributed by atoms with Crippen LogP contribution >= 0.6 is 11.6 Å². The molecule has 8 nitrogen and oxygen atoms in total. The molecule has 1 unspecified atom stereocenters. The Hall–Kier alpha value is -2.84. The topological polar surface area (TPSA) is 83.8 Å². The molecule has 172 valence electrons. The van der Waals surface area contributed by atoms with Crippen molar-refractivity contribution in [2.24, 2.45) is 7.05 Å². The van der Waals surface area contributed by atoms with Crippen molar-refractivity contribution in [3.05, 3.63) is 39.9 Å². The largest absolute Gasteiger partial charge is 0.345 e. The molecule has 2 aliphatic heterocycles. The molecule has 0 amide bonds. The number of hydrogen-bond acceptors (Lipinski definition) is 5. The number of H-pyrrole nitrogens is 1. The maximum atomic E-state index is 13.6. The Morgan fingerprint density at radius 3 is 2.67 bits per heavy atom. The minimum atomic E-state index is -0.0539. The Kier molecular flexibility index (Phi) is 4.78. The Morgan fingerprint density at radius 2 is 1.97 bits per heavy atom. The van der Waals surface area contributed by atoms with Crippen molar-refractivity contribution in [1.82, 2.24) is 29.6 Å². The monoisotopic (exact) mass is 465 g/mol. The zero-order valence-corrected chi connectivity index (χ0v) is 19.9.